The summed E-state index contributed by atoms with van der Waals surface area (Å²) in [6.45, 7) is 0. The van der Waals surface area contributed by atoms with Crippen LogP contribution in [0.3, 0.4) is 0 Å². The summed E-state index contributed by atoms with van der Waals surface area (Å²) >= 11 is 5.79. The minimum Gasteiger partial charge on any atom is -0.358 e. The van der Waals surface area contributed by atoms with Crippen molar-refractivity contribution in [3.05, 3.63) is 34.9 Å². The van der Waals surface area contributed by atoms with E-state index in [4.69, 9.17) is 11.6 Å². The van der Waals surface area contributed by atoms with Crippen molar-refractivity contribution in [3.63, 3.8) is 0 Å². The van der Waals surface area contributed by atoms with Crippen molar-refractivity contribution in [2.24, 2.45) is 0 Å². The van der Waals surface area contributed by atoms with Crippen LogP contribution < -0.4 is 5.32 Å². The SMILES string of the molecule is CNC(=O)CS(=O)(=O)CC(=O)c1ccccc1Cl. The molecule has 1 rings (SSSR count). The molecule has 0 heterocycles. The number of ketones is 1. The summed E-state index contributed by atoms with van der Waals surface area (Å²) in [7, 11) is -2.45. The smallest absolute Gasteiger partial charge is 0.234 e. The van der Waals surface area contributed by atoms with E-state index < -0.39 is 33.0 Å². The molecule has 18 heavy (non-hydrogen) atoms. The number of hydrogen-bond acceptors (Lipinski definition) is 4. The van der Waals surface area contributed by atoms with Gasteiger partial charge in [-0.15, -0.1) is 0 Å². The molecule has 0 saturated heterocycles. The van der Waals surface area contributed by atoms with Gasteiger partial charge in [-0.25, -0.2) is 8.42 Å². The molecule has 7 heteroatoms. The zero-order valence-electron chi connectivity index (χ0n) is 9.64. The molecule has 5 nitrogen and oxygen atoms in total. The lowest BCUT2D eigenvalue weighted by atomic mass is 10.1. The molecule has 0 aromatic heterocycles. The van der Waals surface area contributed by atoms with Crippen molar-refractivity contribution in [1.82, 2.24) is 5.32 Å². The van der Waals surface area contributed by atoms with Gasteiger partial charge in [-0.1, -0.05) is 23.7 Å². The molecule has 0 aliphatic heterocycles. The van der Waals surface area contributed by atoms with Gasteiger partial charge in [0.2, 0.25) is 5.91 Å². The number of benzene rings is 1. The monoisotopic (exact) mass is 289 g/mol. The first-order valence-corrected chi connectivity index (χ1v) is 7.24. The fraction of sp³-hybridized carbons (Fsp3) is 0.273. The Labute approximate surface area is 110 Å². The van der Waals surface area contributed by atoms with Gasteiger partial charge in [-0.05, 0) is 12.1 Å². The first-order chi connectivity index (χ1) is 8.35. The van der Waals surface area contributed by atoms with Gasteiger partial charge in [0.05, 0.1) is 5.02 Å². The van der Waals surface area contributed by atoms with Crippen LogP contribution in [0.25, 0.3) is 0 Å². The Hall–Kier alpha value is -1.40. The Morgan fingerprint density at radius 2 is 1.83 bits per heavy atom. The molecule has 0 bridgehead atoms. The lowest BCUT2D eigenvalue weighted by Crippen LogP contribution is -2.30. The number of hydrogen-bond donors (Lipinski definition) is 1. The van der Waals surface area contributed by atoms with Crippen molar-refractivity contribution in [2.75, 3.05) is 18.6 Å². The van der Waals surface area contributed by atoms with Crippen LogP contribution in [-0.4, -0.2) is 38.7 Å². The number of nitrogens with one attached hydrogen (secondary N) is 1. The van der Waals surface area contributed by atoms with E-state index in [1.165, 1.54) is 19.2 Å². The van der Waals surface area contributed by atoms with Gasteiger partial charge >= 0.3 is 0 Å². The summed E-state index contributed by atoms with van der Waals surface area (Å²) in [5.74, 6) is -2.71. The molecular weight excluding hydrogens is 278 g/mol. The van der Waals surface area contributed by atoms with E-state index in [1.54, 1.807) is 12.1 Å². The zero-order valence-corrected chi connectivity index (χ0v) is 11.2. The van der Waals surface area contributed by atoms with Crippen LogP contribution in [0, 0.1) is 0 Å². The van der Waals surface area contributed by atoms with Crippen molar-refractivity contribution >= 4 is 33.1 Å². The third-order valence-corrected chi connectivity index (χ3v) is 3.89. The van der Waals surface area contributed by atoms with E-state index in [2.05, 4.69) is 5.32 Å². The lowest BCUT2D eigenvalue weighted by molar-refractivity contribution is -0.118. The normalized spacial score (nSPS) is 11.0. The molecule has 1 amide bonds. The average Bonchev–Trinajstić information content (AvgIpc) is 2.27. The zero-order chi connectivity index (χ0) is 13.8. The molecule has 0 radical (unpaired) electrons. The average molecular weight is 290 g/mol. The fourth-order valence-corrected chi connectivity index (χ4v) is 2.73. The van der Waals surface area contributed by atoms with Crippen molar-refractivity contribution in [2.45, 2.75) is 0 Å². The van der Waals surface area contributed by atoms with E-state index in [-0.39, 0.29) is 10.6 Å². The lowest BCUT2D eigenvalue weighted by Gasteiger charge is -2.04. The number of rotatable bonds is 5. The van der Waals surface area contributed by atoms with Crippen molar-refractivity contribution in [3.8, 4) is 0 Å². The number of sulfone groups is 1. The summed E-state index contributed by atoms with van der Waals surface area (Å²) in [6.07, 6.45) is 0. The predicted octanol–water partition coefficient (Wildman–Crippen LogP) is 0.684. The maximum atomic E-state index is 11.8. The topological polar surface area (TPSA) is 80.3 Å². The molecule has 0 saturated carbocycles. The van der Waals surface area contributed by atoms with E-state index in [1.807, 2.05) is 0 Å². The third kappa shape index (κ3) is 4.12. The van der Waals surface area contributed by atoms with Gasteiger partial charge < -0.3 is 5.32 Å². The van der Waals surface area contributed by atoms with Crippen LogP contribution in [0.5, 0.6) is 0 Å². The third-order valence-electron chi connectivity index (χ3n) is 2.16. The molecule has 0 atom stereocenters. The highest BCUT2D eigenvalue weighted by Crippen LogP contribution is 2.16. The molecule has 1 aromatic carbocycles. The fourth-order valence-electron chi connectivity index (χ4n) is 1.29. The van der Waals surface area contributed by atoms with Crippen molar-refractivity contribution < 1.29 is 18.0 Å². The summed E-state index contributed by atoms with van der Waals surface area (Å²) < 4.78 is 23.1. The van der Waals surface area contributed by atoms with Crippen LogP contribution in [0.2, 0.25) is 5.02 Å². The van der Waals surface area contributed by atoms with Gasteiger partial charge in [0.1, 0.15) is 11.5 Å². The summed E-state index contributed by atoms with van der Waals surface area (Å²) in [6, 6.07) is 6.17. The van der Waals surface area contributed by atoms with E-state index in [0.717, 1.165) is 0 Å². The van der Waals surface area contributed by atoms with Crippen LogP contribution in [0.4, 0.5) is 0 Å². The molecule has 0 spiro atoms. The molecular formula is C11H12ClNO4S. The minimum absolute atomic E-state index is 0.139. The highest BCUT2D eigenvalue weighted by molar-refractivity contribution is 7.92. The van der Waals surface area contributed by atoms with E-state index >= 15 is 0 Å². The molecule has 0 aliphatic carbocycles. The van der Waals surface area contributed by atoms with Gasteiger partial charge in [-0.2, -0.15) is 0 Å². The second kappa shape index (κ2) is 5.97. The van der Waals surface area contributed by atoms with Gasteiger partial charge in [0, 0.05) is 12.6 Å². The van der Waals surface area contributed by atoms with Crippen LogP contribution in [0.15, 0.2) is 24.3 Å². The number of carbonyl (C=O) groups excluding carboxylic acids is 2. The van der Waals surface area contributed by atoms with Gasteiger partial charge in [-0.3, -0.25) is 9.59 Å². The Morgan fingerprint density at radius 1 is 1.22 bits per heavy atom. The first kappa shape index (κ1) is 14.7. The molecule has 1 N–H and O–H groups in total. The van der Waals surface area contributed by atoms with Crippen molar-refractivity contribution in [1.29, 1.82) is 0 Å². The predicted molar refractivity (Wildman–Crippen MR) is 68.5 cm³/mol. The largest absolute Gasteiger partial charge is 0.358 e. The quantitative estimate of drug-likeness (QED) is 0.809. The highest BCUT2D eigenvalue weighted by atomic mass is 35.5. The molecule has 0 unspecified atom stereocenters. The second-order valence-electron chi connectivity index (χ2n) is 3.61. The standard InChI is InChI=1S/C11H12ClNO4S/c1-13-11(15)7-18(16,17)6-10(14)8-4-2-3-5-9(8)12/h2-5H,6-7H2,1H3,(H,13,15). The van der Waals surface area contributed by atoms with Gasteiger partial charge in [0.25, 0.3) is 0 Å². The maximum Gasteiger partial charge on any atom is 0.234 e. The number of Topliss-reactive ketones (excluding diaryl/α,β-unsaturated/α-hetero) is 1. The highest BCUT2D eigenvalue weighted by Gasteiger charge is 2.22. The molecule has 98 valence electrons. The molecule has 1 aromatic rings. The summed E-state index contributed by atoms with van der Waals surface area (Å²) in [4.78, 5) is 22.7. The number of carbonyl (C=O) groups is 2. The van der Waals surface area contributed by atoms with Crippen LogP contribution >= 0.6 is 11.6 Å². The number of amides is 1. The Balaban J connectivity index is 2.83. The summed E-state index contributed by atoms with van der Waals surface area (Å²) in [5, 5.41) is 2.38. The maximum absolute atomic E-state index is 11.8. The second-order valence-corrected chi connectivity index (χ2v) is 6.08. The van der Waals surface area contributed by atoms with Crippen LogP contribution in [0.1, 0.15) is 10.4 Å². The first-order valence-electron chi connectivity index (χ1n) is 5.04. The Kier molecular flexibility index (Phi) is 4.86. The molecule has 0 fully saturated rings. The van der Waals surface area contributed by atoms with Gasteiger partial charge in [0.15, 0.2) is 15.6 Å². The van der Waals surface area contributed by atoms with E-state index in [0.29, 0.717) is 0 Å². The van der Waals surface area contributed by atoms with Crippen LogP contribution in [-0.2, 0) is 14.6 Å². The Morgan fingerprint density at radius 3 is 2.39 bits per heavy atom. The Bertz CT molecular complexity index is 568. The number of halogens is 1. The summed E-state index contributed by atoms with van der Waals surface area (Å²) in [5.41, 5.74) is 0.139. The minimum atomic E-state index is -3.78. The van der Waals surface area contributed by atoms with E-state index in [9.17, 15) is 18.0 Å². The molecule has 0 aliphatic rings.